The van der Waals surface area contributed by atoms with Crippen LogP contribution >= 0.6 is 11.8 Å². The summed E-state index contributed by atoms with van der Waals surface area (Å²) >= 11 is 1.61. The minimum atomic E-state index is -0.738. The van der Waals surface area contributed by atoms with Crippen molar-refractivity contribution >= 4 is 11.8 Å². The maximum absolute atomic E-state index is 10.9. The van der Waals surface area contributed by atoms with Crippen molar-refractivity contribution in [1.29, 1.82) is 0 Å². The first-order valence-corrected chi connectivity index (χ1v) is 7.56. The Morgan fingerprint density at radius 2 is 2.42 bits per heavy atom. The molecule has 0 radical (unpaired) electrons. The number of hydrogen-bond acceptors (Lipinski definition) is 3. The molecule has 0 fully saturated rings. The van der Waals surface area contributed by atoms with Crippen molar-refractivity contribution in [2.75, 3.05) is 5.75 Å². The molecule has 1 aromatic heterocycles. The van der Waals surface area contributed by atoms with Gasteiger partial charge in [0.15, 0.2) is 5.16 Å². The molecule has 19 heavy (non-hydrogen) atoms. The fraction of sp³-hybridized carbons (Fsp3) is 0.533. The number of hydrogen-bond donors (Lipinski definition) is 1. The number of aromatic nitrogens is 2. The van der Waals surface area contributed by atoms with Crippen molar-refractivity contribution in [2.24, 2.45) is 13.0 Å². The van der Waals surface area contributed by atoms with E-state index in [1.807, 2.05) is 31.7 Å². The third-order valence-electron chi connectivity index (χ3n) is 3.94. The van der Waals surface area contributed by atoms with E-state index >= 15 is 0 Å². The first kappa shape index (κ1) is 14.4. The summed E-state index contributed by atoms with van der Waals surface area (Å²) in [5.41, 5.74) is 1.49. The van der Waals surface area contributed by atoms with Crippen molar-refractivity contribution in [3.8, 4) is 0 Å². The van der Waals surface area contributed by atoms with Gasteiger partial charge in [0.2, 0.25) is 0 Å². The molecule has 1 aliphatic carbocycles. The highest BCUT2D eigenvalue weighted by atomic mass is 32.2. The second-order valence-corrected chi connectivity index (χ2v) is 6.45. The van der Waals surface area contributed by atoms with Crippen LogP contribution in [0.1, 0.15) is 26.7 Å². The lowest BCUT2D eigenvalue weighted by atomic mass is 9.77. The smallest absolute Gasteiger partial charge is 0.167 e. The maximum atomic E-state index is 10.9. The molecule has 104 valence electrons. The lowest BCUT2D eigenvalue weighted by Gasteiger charge is -2.36. The van der Waals surface area contributed by atoms with Crippen LogP contribution in [0.15, 0.2) is 41.4 Å². The molecule has 2 atom stereocenters. The Labute approximate surface area is 119 Å². The SMILES string of the molecule is C=C(C)[C@H]1CC=C(C)[C@@](O)(CSc2nccn2C)C1. The van der Waals surface area contributed by atoms with Crippen LogP contribution in [0.2, 0.25) is 0 Å². The molecule has 1 aromatic rings. The summed E-state index contributed by atoms with van der Waals surface area (Å²) in [5, 5.41) is 11.8. The second kappa shape index (κ2) is 5.55. The van der Waals surface area contributed by atoms with Gasteiger partial charge in [-0.05, 0) is 38.2 Å². The van der Waals surface area contributed by atoms with Crippen LogP contribution < -0.4 is 0 Å². The van der Waals surface area contributed by atoms with Crippen molar-refractivity contribution in [3.05, 3.63) is 36.2 Å². The standard InChI is InChI=1S/C15H22N2OS/c1-11(2)13-6-5-12(3)15(18,9-13)10-19-14-16-7-8-17(14)4/h5,7-8,13,18H,1,6,9-10H2,2-4H3/t13-,15-/m0/s1. The minimum absolute atomic E-state index is 0.385. The molecule has 0 saturated carbocycles. The highest BCUT2D eigenvalue weighted by Gasteiger charge is 2.35. The zero-order valence-corrected chi connectivity index (χ0v) is 12.7. The van der Waals surface area contributed by atoms with E-state index in [-0.39, 0.29) is 0 Å². The third kappa shape index (κ3) is 3.12. The number of imidazole rings is 1. The Hall–Kier alpha value is -1.00. The van der Waals surface area contributed by atoms with Crippen LogP contribution in [0.5, 0.6) is 0 Å². The van der Waals surface area contributed by atoms with Crippen molar-refractivity contribution < 1.29 is 5.11 Å². The van der Waals surface area contributed by atoms with Crippen LogP contribution in [-0.2, 0) is 7.05 Å². The van der Waals surface area contributed by atoms with Gasteiger partial charge in [0.25, 0.3) is 0 Å². The molecular weight excluding hydrogens is 256 g/mol. The maximum Gasteiger partial charge on any atom is 0.167 e. The molecule has 3 nitrogen and oxygen atoms in total. The monoisotopic (exact) mass is 278 g/mol. The second-order valence-electron chi connectivity index (χ2n) is 5.51. The van der Waals surface area contributed by atoms with Crippen molar-refractivity contribution in [1.82, 2.24) is 9.55 Å². The molecule has 2 rings (SSSR count). The molecular formula is C15H22N2OS. The molecule has 0 bridgehead atoms. The Kier molecular flexibility index (Phi) is 4.21. The summed E-state index contributed by atoms with van der Waals surface area (Å²) in [6.45, 7) is 8.10. The number of aryl methyl sites for hydroxylation is 1. The van der Waals surface area contributed by atoms with Crippen LogP contribution in [-0.4, -0.2) is 26.0 Å². The Bertz CT molecular complexity index is 506. The fourth-order valence-electron chi connectivity index (χ4n) is 2.38. The zero-order chi connectivity index (χ0) is 14.0. The molecule has 1 aliphatic rings. The Morgan fingerprint density at radius 1 is 1.68 bits per heavy atom. The topological polar surface area (TPSA) is 38.1 Å². The molecule has 0 amide bonds. The highest BCUT2D eigenvalue weighted by Crippen LogP contribution is 2.38. The van der Waals surface area contributed by atoms with Gasteiger partial charge in [0.05, 0.1) is 5.60 Å². The molecule has 0 aliphatic heterocycles. The van der Waals surface area contributed by atoms with E-state index in [1.54, 1.807) is 18.0 Å². The first-order chi connectivity index (χ1) is 8.92. The van der Waals surface area contributed by atoms with E-state index in [1.165, 1.54) is 0 Å². The van der Waals surface area contributed by atoms with Gasteiger partial charge in [-0.3, -0.25) is 0 Å². The zero-order valence-electron chi connectivity index (χ0n) is 11.9. The molecule has 0 saturated heterocycles. The van der Waals surface area contributed by atoms with Gasteiger partial charge in [0.1, 0.15) is 0 Å². The van der Waals surface area contributed by atoms with Gasteiger partial charge in [0, 0.05) is 25.2 Å². The normalized spacial score (nSPS) is 27.2. The Balaban J connectivity index is 2.08. The Morgan fingerprint density at radius 3 is 3.00 bits per heavy atom. The van der Waals surface area contributed by atoms with Crippen molar-refractivity contribution in [2.45, 2.75) is 37.4 Å². The van der Waals surface area contributed by atoms with E-state index in [0.717, 1.165) is 29.1 Å². The quantitative estimate of drug-likeness (QED) is 0.679. The van der Waals surface area contributed by atoms with Gasteiger partial charge in [-0.2, -0.15) is 0 Å². The predicted octanol–water partition coefficient (Wildman–Crippen LogP) is 3.18. The number of allylic oxidation sites excluding steroid dienone is 2. The average molecular weight is 278 g/mol. The molecule has 0 aromatic carbocycles. The summed E-state index contributed by atoms with van der Waals surface area (Å²) < 4.78 is 1.98. The van der Waals surface area contributed by atoms with Gasteiger partial charge in [-0.25, -0.2) is 4.98 Å². The number of aliphatic hydroxyl groups is 1. The van der Waals surface area contributed by atoms with Gasteiger partial charge in [-0.1, -0.05) is 30.0 Å². The predicted molar refractivity (Wildman–Crippen MR) is 80.2 cm³/mol. The summed E-state index contributed by atoms with van der Waals surface area (Å²) in [4.78, 5) is 4.29. The summed E-state index contributed by atoms with van der Waals surface area (Å²) in [6, 6.07) is 0. The van der Waals surface area contributed by atoms with Gasteiger partial charge in [-0.15, -0.1) is 0 Å². The summed E-state index contributed by atoms with van der Waals surface area (Å²) in [7, 11) is 1.97. The molecule has 4 heteroatoms. The van der Waals surface area contributed by atoms with E-state index in [0.29, 0.717) is 11.7 Å². The molecule has 1 N–H and O–H groups in total. The lowest BCUT2D eigenvalue weighted by molar-refractivity contribution is 0.0730. The minimum Gasteiger partial charge on any atom is -0.385 e. The van der Waals surface area contributed by atoms with Crippen LogP contribution in [0, 0.1) is 5.92 Å². The average Bonchev–Trinajstić information content (AvgIpc) is 2.76. The third-order valence-corrected chi connectivity index (χ3v) is 5.21. The fourth-order valence-corrected chi connectivity index (χ4v) is 3.50. The molecule has 0 spiro atoms. The summed E-state index contributed by atoms with van der Waals surface area (Å²) in [5.74, 6) is 1.03. The number of nitrogens with zero attached hydrogens (tertiary/aromatic N) is 2. The van der Waals surface area contributed by atoms with E-state index in [4.69, 9.17) is 0 Å². The largest absolute Gasteiger partial charge is 0.385 e. The van der Waals surface area contributed by atoms with E-state index in [9.17, 15) is 5.11 Å². The number of rotatable bonds is 4. The summed E-state index contributed by atoms with van der Waals surface area (Å²) in [6.07, 6.45) is 7.62. The van der Waals surface area contributed by atoms with Crippen LogP contribution in [0.25, 0.3) is 0 Å². The highest BCUT2D eigenvalue weighted by molar-refractivity contribution is 7.99. The molecule has 0 unspecified atom stereocenters. The van der Waals surface area contributed by atoms with Crippen molar-refractivity contribution in [3.63, 3.8) is 0 Å². The first-order valence-electron chi connectivity index (χ1n) is 6.57. The van der Waals surface area contributed by atoms with E-state index in [2.05, 4.69) is 17.6 Å². The van der Waals surface area contributed by atoms with Crippen LogP contribution in [0.4, 0.5) is 0 Å². The number of thioether (sulfide) groups is 1. The molecule has 1 heterocycles. The van der Waals surface area contributed by atoms with Crippen LogP contribution in [0.3, 0.4) is 0 Å². The van der Waals surface area contributed by atoms with Gasteiger partial charge >= 0.3 is 0 Å². The lowest BCUT2D eigenvalue weighted by Crippen LogP contribution is -2.38. The van der Waals surface area contributed by atoms with E-state index < -0.39 is 5.60 Å². The van der Waals surface area contributed by atoms with Gasteiger partial charge < -0.3 is 9.67 Å².